The van der Waals surface area contributed by atoms with E-state index in [-0.39, 0.29) is 0 Å². The Balaban J connectivity index is 2.73. The summed E-state index contributed by atoms with van der Waals surface area (Å²) >= 11 is 0. The fourth-order valence-corrected chi connectivity index (χ4v) is 1.66. The highest BCUT2D eigenvalue weighted by molar-refractivity contribution is 5.55. The molecule has 3 nitrogen and oxygen atoms in total. The first-order valence-electron chi connectivity index (χ1n) is 4.68. The second-order valence-electron chi connectivity index (χ2n) is 3.03. The molecule has 0 atom stereocenters. The van der Waals surface area contributed by atoms with Crippen molar-refractivity contribution in [3.05, 3.63) is 29.6 Å². The first-order chi connectivity index (χ1) is 6.36. The monoisotopic (exact) mass is 175 g/mol. The number of fused-ring (bicyclic) bond motifs is 1. The fourth-order valence-electron chi connectivity index (χ4n) is 1.66. The van der Waals surface area contributed by atoms with Crippen LogP contribution in [-0.2, 0) is 12.8 Å². The van der Waals surface area contributed by atoms with Gasteiger partial charge in [0.05, 0.1) is 11.2 Å². The average Bonchev–Trinajstić information content (AvgIpc) is 2.55. The molecule has 2 aromatic rings. The van der Waals surface area contributed by atoms with Crippen LogP contribution in [0, 0.1) is 0 Å². The first-order valence-corrected chi connectivity index (χ1v) is 4.68. The Labute approximate surface area is 77.4 Å². The number of aromatic nitrogens is 3. The van der Waals surface area contributed by atoms with Crippen LogP contribution in [0.15, 0.2) is 18.3 Å². The number of aryl methyl sites for hydroxylation is 2. The Morgan fingerprint density at radius 1 is 1.31 bits per heavy atom. The summed E-state index contributed by atoms with van der Waals surface area (Å²) in [5, 5.41) is 8.57. The van der Waals surface area contributed by atoms with E-state index in [9.17, 15) is 0 Å². The zero-order valence-electron chi connectivity index (χ0n) is 7.99. The van der Waals surface area contributed by atoms with Gasteiger partial charge >= 0.3 is 0 Å². The maximum absolute atomic E-state index is 4.41. The molecular weight excluding hydrogens is 162 g/mol. The molecule has 2 aromatic heterocycles. The van der Waals surface area contributed by atoms with Crippen molar-refractivity contribution < 1.29 is 0 Å². The molecule has 0 bridgehead atoms. The molecule has 0 aromatic carbocycles. The van der Waals surface area contributed by atoms with Gasteiger partial charge in [-0.1, -0.05) is 13.8 Å². The summed E-state index contributed by atoms with van der Waals surface area (Å²) < 4.78 is 1.72. The third-order valence-electron chi connectivity index (χ3n) is 2.29. The van der Waals surface area contributed by atoms with E-state index < -0.39 is 0 Å². The van der Waals surface area contributed by atoms with Crippen molar-refractivity contribution in [1.82, 2.24) is 14.8 Å². The van der Waals surface area contributed by atoms with E-state index in [2.05, 4.69) is 30.1 Å². The third-order valence-corrected chi connectivity index (χ3v) is 2.29. The molecular formula is C10H13N3. The molecule has 2 heterocycles. The molecule has 0 aliphatic rings. The van der Waals surface area contributed by atoms with E-state index in [1.54, 1.807) is 10.8 Å². The van der Waals surface area contributed by atoms with Crippen LogP contribution < -0.4 is 0 Å². The minimum absolute atomic E-state index is 0.979. The fraction of sp³-hybridized carbons (Fsp3) is 0.400. The summed E-state index contributed by atoms with van der Waals surface area (Å²) in [7, 11) is 0. The van der Waals surface area contributed by atoms with Crippen molar-refractivity contribution in [2.75, 3.05) is 0 Å². The Kier molecular flexibility index (Phi) is 2.00. The SMILES string of the molecule is CCc1nn2ncccc2c1CC. The molecule has 2 rings (SSSR count). The van der Waals surface area contributed by atoms with E-state index in [4.69, 9.17) is 0 Å². The van der Waals surface area contributed by atoms with E-state index >= 15 is 0 Å². The van der Waals surface area contributed by atoms with Crippen LogP contribution >= 0.6 is 0 Å². The Morgan fingerprint density at radius 2 is 2.15 bits per heavy atom. The van der Waals surface area contributed by atoms with Gasteiger partial charge in [0.25, 0.3) is 0 Å². The van der Waals surface area contributed by atoms with Crippen LogP contribution in [0.2, 0.25) is 0 Å². The minimum atomic E-state index is 0.979. The van der Waals surface area contributed by atoms with Crippen LogP contribution in [0.3, 0.4) is 0 Å². The maximum Gasteiger partial charge on any atom is 0.0907 e. The van der Waals surface area contributed by atoms with Crippen LogP contribution in [0.1, 0.15) is 25.1 Å². The van der Waals surface area contributed by atoms with Gasteiger partial charge in [-0.3, -0.25) is 0 Å². The second-order valence-corrected chi connectivity index (χ2v) is 3.03. The van der Waals surface area contributed by atoms with Gasteiger partial charge in [0.2, 0.25) is 0 Å². The second kappa shape index (κ2) is 3.17. The van der Waals surface area contributed by atoms with Gasteiger partial charge in [0, 0.05) is 11.8 Å². The third kappa shape index (κ3) is 1.20. The van der Waals surface area contributed by atoms with Gasteiger partial charge < -0.3 is 0 Å². The number of hydrogen-bond acceptors (Lipinski definition) is 2. The largest absolute Gasteiger partial charge is 0.159 e. The van der Waals surface area contributed by atoms with Gasteiger partial charge in [-0.05, 0) is 25.0 Å². The molecule has 0 fully saturated rings. The van der Waals surface area contributed by atoms with Crippen molar-refractivity contribution in [3.63, 3.8) is 0 Å². The highest BCUT2D eigenvalue weighted by Gasteiger charge is 2.08. The van der Waals surface area contributed by atoms with E-state index in [0.29, 0.717) is 0 Å². The molecule has 0 N–H and O–H groups in total. The van der Waals surface area contributed by atoms with Gasteiger partial charge in [0.15, 0.2) is 0 Å². The molecule has 0 amide bonds. The topological polar surface area (TPSA) is 30.2 Å². The van der Waals surface area contributed by atoms with Crippen molar-refractivity contribution in [2.24, 2.45) is 0 Å². The lowest BCUT2D eigenvalue weighted by atomic mass is 10.1. The summed E-state index contributed by atoms with van der Waals surface area (Å²) in [5.41, 5.74) is 3.64. The van der Waals surface area contributed by atoms with Gasteiger partial charge in [-0.15, -0.1) is 0 Å². The summed E-state index contributed by atoms with van der Waals surface area (Å²) in [5.74, 6) is 0. The Morgan fingerprint density at radius 3 is 2.85 bits per heavy atom. The molecule has 68 valence electrons. The average molecular weight is 175 g/mol. The molecule has 3 heteroatoms. The molecule has 0 aliphatic heterocycles. The lowest BCUT2D eigenvalue weighted by Crippen LogP contribution is -1.91. The minimum Gasteiger partial charge on any atom is -0.159 e. The Bertz CT molecular complexity index is 417. The summed E-state index contributed by atoms with van der Waals surface area (Å²) in [4.78, 5) is 0. The van der Waals surface area contributed by atoms with Crippen LogP contribution in [0.25, 0.3) is 5.52 Å². The summed E-state index contributed by atoms with van der Waals surface area (Å²) in [6.45, 7) is 4.28. The zero-order chi connectivity index (χ0) is 9.26. The number of rotatable bonds is 2. The number of nitrogens with zero attached hydrogens (tertiary/aromatic N) is 3. The Hall–Kier alpha value is -1.38. The van der Waals surface area contributed by atoms with Crippen LogP contribution in [0.5, 0.6) is 0 Å². The smallest absolute Gasteiger partial charge is 0.0907 e. The molecule has 0 spiro atoms. The standard InChI is InChI=1S/C10H13N3/c1-3-8-9(4-2)12-13-10(8)6-5-7-11-13/h5-7H,3-4H2,1-2H3. The normalized spacial score (nSPS) is 10.9. The van der Waals surface area contributed by atoms with Gasteiger partial charge in [-0.2, -0.15) is 14.8 Å². The highest BCUT2D eigenvalue weighted by atomic mass is 15.4. The molecule has 0 aliphatic carbocycles. The zero-order valence-corrected chi connectivity index (χ0v) is 7.99. The van der Waals surface area contributed by atoms with Crippen molar-refractivity contribution in [3.8, 4) is 0 Å². The molecule has 0 saturated heterocycles. The lowest BCUT2D eigenvalue weighted by Gasteiger charge is -1.93. The maximum atomic E-state index is 4.41. The summed E-state index contributed by atoms with van der Waals surface area (Å²) in [6, 6.07) is 4.02. The number of hydrogen-bond donors (Lipinski definition) is 0. The van der Waals surface area contributed by atoms with E-state index in [1.165, 1.54) is 11.3 Å². The van der Waals surface area contributed by atoms with Crippen molar-refractivity contribution in [1.29, 1.82) is 0 Å². The highest BCUT2D eigenvalue weighted by Crippen LogP contribution is 2.15. The molecule has 0 saturated carbocycles. The predicted molar refractivity (Wildman–Crippen MR) is 51.7 cm³/mol. The molecule has 0 radical (unpaired) electrons. The molecule has 13 heavy (non-hydrogen) atoms. The van der Waals surface area contributed by atoms with Gasteiger partial charge in [0.1, 0.15) is 0 Å². The van der Waals surface area contributed by atoms with E-state index in [1.807, 2.05) is 6.07 Å². The van der Waals surface area contributed by atoms with Gasteiger partial charge in [-0.25, -0.2) is 0 Å². The molecule has 0 unspecified atom stereocenters. The van der Waals surface area contributed by atoms with Crippen molar-refractivity contribution in [2.45, 2.75) is 26.7 Å². The van der Waals surface area contributed by atoms with Crippen molar-refractivity contribution >= 4 is 5.52 Å². The van der Waals surface area contributed by atoms with Crippen LogP contribution in [0.4, 0.5) is 0 Å². The van der Waals surface area contributed by atoms with Crippen LogP contribution in [-0.4, -0.2) is 14.8 Å². The lowest BCUT2D eigenvalue weighted by molar-refractivity contribution is 0.775. The predicted octanol–water partition coefficient (Wildman–Crippen LogP) is 1.85. The van der Waals surface area contributed by atoms with E-state index in [0.717, 1.165) is 18.4 Å². The quantitative estimate of drug-likeness (QED) is 0.697. The first kappa shape index (κ1) is 8.23. The summed E-state index contributed by atoms with van der Waals surface area (Å²) in [6.07, 6.45) is 3.77.